The number of amides is 1. The Labute approximate surface area is 169 Å². The summed E-state index contributed by atoms with van der Waals surface area (Å²) in [4.78, 5) is 28.3. The Morgan fingerprint density at radius 3 is 2.69 bits per heavy atom. The van der Waals surface area contributed by atoms with Gasteiger partial charge >= 0.3 is 5.97 Å². The lowest BCUT2D eigenvalue weighted by molar-refractivity contribution is -0.122. The third kappa shape index (κ3) is 4.94. The van der Waals surface area contributed by atoms with E-state index in [4.69, 9.17) is 11.6 Å². The summed E-state index contributed by atoms with van der Waals surface area (Å²) in [7, 11) is 1.16. The topological polar surface area (TPSA) is 86.1 Å². The van der Waals surface area contributed by atoms with Gasteiger partial charge < -0.3 is 10.1 Å². The van der Waals surface area contributed by atoms with Crippen LogP contribution in [0.4, 0.5) is 8.78 Å². The first kappa shape index (κ1) is 20.4. The van der Waals surface area contributed by atoms with Crippen LogP contribution in [0, 0.1) is 11.6 Å². The Balaban J connectivity index is 1.79. The molecule has 2 aromatic carbocycles. The minimum Gasteiger partial charge on any atom is -0.463 e. The molecule has 3 aromatic rings. The molecular weight excluding hydrogens is 406 g/mol. The summed E-state index contributed by atoms with van der Waals surface area (Å²) < 4.78 is 32.6. The summed E-state index contributed by atoms with van der Waals surface area (Å²) in [6, 6.07) is 9.71. The Morgan fingerprint density at radius 2 is 2.00 bits per heavy atom. The molecule has 1 aromatic heterocycles. The first-order valence-electron chi connectivity index (χ1n) is 8.37. The maximum atomic E-state index is 13.7. The third-order valence-corrected chi connectivity index (χ3v) is 4.20. The average Bonchev–Trinajstić information content (AvgIpc) is 3.11. The number of hydrogen-bond acceptors (Lipinski definition) is 5. The number of carbonyl (C=O) groups is 2. The molecule has 0 aliphatic rings. The van der Waals surface area contributed by atoms with E-state index < -0.39 is 23.5 Å². The van der Waals surface area contributed by atoms with E-state index >= 15 is 0 Å². The Morgan fingerprint density at radius 1 is 1.21 bits per heavy atom. The van der Waals surface area contributed by atoms with Crippen LogP contribution in [0.2, 0.25) is 5.02 Å². The Hall–Kier alpha value is -3.33. The molecule has 0 saturated heterocycles. The molecule has 150 valence electrons. The number of nitrogens with zero attached hydrogens (tertiary/aromatic N) is 3. The van der Waals surface area contributed by atoms with Crippen molar-refractivity contribution >= 4 is 23.5 Å². The second kappa shape index (κ2) is 8.78. The second-order valence-electron chi connectivity index (χ2n) is 5.94. The third-order valence-electron chi connectivity index (χ3n) is 3.89. The van der Waals surface area contributed by atoms with Gasteiger partial charge in [0.25, 0.3) is 0 Å². The monoisotopic (exact) mass is 420 g/mol. The van der Waals surface area contributed by atoms with Gasteiger partial charge in [-0.05, 0) is 35.9 Å². The van der Waals surface area contributed by atoms with Crippen LogP contribution >= 0.6 is 11.6 Å². The first-order valence-corrected chi connectivity index (χ1v) is 8.75. The van der Waals surface area contributed by atoms with E-state index in [9.17, 15) is 18.4 Å². The fraction of sp³-hybridized carbons (Fsp3) is 0.158. The van der Waals surface area contributed by atoms with Gasteiger partial charge in [0.05, 0.1) is 12.1 Å². The molecule has 1 heterocycles. The molecule has 0 unspecified atom stereocenters. The summed E-state index contributed by atoms with van der Waals surface area (Å²) in [5.41, 5.74) is 0.846. The predicted molar refractivity (Wildman–Crippen MR) is 100 cm³/mol. The van der Waals surface area contributed by atoms with E-state index in [0.29, 0.717) is 5.56 Å². The summed E-state index contributed by atoms with van der Waals surface area (Å²) >= 11 is 5.67. The maximum absolute atomic E-state index is 13.7. The SMILES string of the molecule is COC(=O)c1nc(-c2ccc(Cl)c(F)c2)nn1CC(=O)NCc1cccc(F)c1. The van der Waals surface area contributed by atoms with Crippen LogP contribution in [0.15, 0.2) is 42.5 Å². The lowest BCUT2D eigenvalue weighted by atomic mass is 10.2. The average molecular weight is 421 g/mol. The summed E-state index contributed by atoms with van der Waals surface area (Å²) in [6.07, 6.45) is 0. The molecule has 0 radical (unpaired) electrons. The Bertz CT molecular complexity index is 1070. The Kier molecular flexibility index (Phi) is 6.18. The first-order chi connectivity index (χ1) is 13.9. The molecule has 1 N–H and O–H groups in total. The van der Waals surface area contributed by atoms with E-state index in [1.54, 1.807) is 6.07 Å². The van der Waals surface area contributed by atoms with Crippen molar-refractivity contribution in [1.82, 2.24) is 20.1 Å². The van der Waals surface area contributed by atoms with Gasteiger partial charge in [-0.3, -0.25) is 4.79 Å². The van der Waals surface area contributed by atoms with Gasteiger partial charge in [0, 0.05) is 12.1 Å². The van der Waals surface area contributed by atoms with Crippen LogP contribution in [0.1, 0.15) is 16.2 Å². The molecule has 1 amide bonds. The van der Waals surface area contributed by atoms with Crippen LogP contribution < -0.4 is 5.32 Å². The second-order valence-corrected chi connectivity index (χ2v) is 6.35. The van der Waals surface area contributed by atoms with Crippen molar-refractivity contribution in [2.24, 2.45) is 0 Å². The summed E-state index contributed by atoms with van der Waals surface area (Å²) in [6.45, 7) is -0.253. The number of rotatable bonds is 6. The number of benzene rings is 2. The van der Waals surface area contributed by atoms with Crippen molar-refractivity contribution < 1.29 is 23.1 Å². The molecule has 29 heavy (non-hydrogen) atoms. The highest BCUT2D eigenvalue weighted by Gasteiger charge is 2.21. The normalized spacial score (nSPS) is 10.6. The zero-order chi connectivity index (χ0) is 21.0. The number of hydrogen-bond donors (Lipinski definition) is 1. The van der Waals surface area contributed by atoms with Gasteiger partial charge in [-0.1, -0.05) is 23.7 Å². The largest absolute Gasteiger partial charge is 0.463 e. The number of aromatic nitrogens is 3. The number of esters is 1. The zero-order valence-corrected chi connectivity index (χ0v) is 15.9. The quantitative estimate of drug-likeness (QED) is 0.619. The van der Waals surface area contributed by atoms with Crippen LogP contribution in [-0.2, 0) is 22.6 Å². The molecule has 0 aliphatic carbocycles. The highest BCUT2D eigenvalue weighted by Crippen LogP contribution is 2.22. The van der Waals surface area contributed by atoms with Crippen molar-refractivity contribution in [1.29, 1.82) is 0 Å². The molecular formula is C19H15ClF2N4O3. The van der Waals surface area contributed by atoms with E-state index in [2.05, 4.69) is 20.1 Å². The summed E-state index contributed by atoms with van der Waals surface area (Å²) in [5.74, 6) is -2.58. The zero-order valence-electron chi connectivity index (χ0n) is 15.2. The van der Waals surface area contributed by atoms with Crippen LogP contribution in [0.5, 0.6) is 0 Å². The molecule has 10 heteroatoms. The van der Waals surface area contributed by atoms with Crippen molar-refractivity contribution in [2.75, 3.05) is 7.11 Å². The number of methoxy groups -OCH3 is 1. The van der Waals surface area contributed by atoms with Gasteiger partial charge in [-0.2, -0.15) is 0 Å². The molecule has 0 fully saturated rings. The van der Waals surface area contributed by atoms with E-state index in [0.717, 1.165) is 17.9 Å². The van der Waals surface area contributed by atoms with E-state index in [1.807, 2.05) is 0 Å². The van der Waals surface area contributed by atoms with Gasteiger partial charge in [0.2, 0.25) is 11.7 Å². The predicted octanol–water partition coefficient (Wildman–Crippen LogP) is 2.98. The number of ether oxygens (including phenoxy) is 1. The smallest absolute Gasteiger partial charge is 0.375 e. The minimum atomic E-state index is -0.809. The number of nitrogens with one attached hydrogen (secondary N) is 1. The van der Waals surface area contributed by atoms with Crippen molar-refractivity contribution in [3.8, 4) is 11.4 Å². The molecule has 0 saturated carbocycles. The molecule has 0 bridgehead atoms. The van der Waals surface area contributed by atoms with Crippen molar-refractivity contribution in [3.63, 3.8) is 0 Å². The van der Waals surface area contributed by atoms with Crippen molar-refractivity contribution in [2.45, 2.75) is 13.1 Å². The standard InChI is InChI=1S/C19H15ClF2N4O3/c1-29-19(28)18-24-17(12-5-6-14(20)15(22)8-12)25-26(18)10-16(27)23-9-11-3-2-4-13(21)7-11/h2-8H,9-10H2,1H3,(H,23,27). The fourth-order valence-electron chi connectivity index (χ4n) is 2.49. The molecule has 0 spiro atoms. The molecule has 0 atom stereocenters. The van der Waals surface area contributed by atoms with Gasteiger partial charge in [0.15, 0.2) is 5.82 Å². The van der Waals surface area contributed by atoms with Crippen molar-refractivity contribution in [3.05, 3.63) is 70.5 Å². The van der Waals surface area contributed by atoms with Gasteiger partial charge in [-0.15, -0.1) is 5.10 Å². The highest BCUT2D eigenvalue weighted by atomic mass is 35.5. The lowest BCUT2D eigenvalue weighted by Crippen LogP contribution is -2.29. The van der Waals surface area contributed by atoms with Gasteiger partial charge in [0.1, 0.15) is 18.2 Å². The van der Waals surface area contributed by atoms with E-state index in [-0.39, 0.29) is 35.3 Å². The van der Waals surface area contributed by atoms with Crippen LogP contribution in [0.3, 0.4) is 0 Å². The molecule has 7 nitrogen and oxygen atoms in total. The lowest BCUT2D eigenvalue weighted by Gasteiger charge is -2.07. The highest BCUT2D eigenvalue weighted by molar-refractivity contribution is 6.30. The van der Waals surface area contributed by atoms with Crippen LogP contribution in [0.25, 0.3) is 11.4 Å². The number of halogens is 3. The van der Waals surface area contributed by atoms with Crippen LogP contribution in [-0.4, -0.2) is 33.8 Å². The van der Waals surface area contributed by atoms with Gasteiger partial charge in [-0.25, -0.2) is 23.2 Å². The minimum absolute atomic E-state index is 0.0268. The number of carbonyl (C=O) groups excluding carboxylic acids is 2. The molecule has 0 aliphatic heterocycles. The summed E-state index contributed by atoms with van der Waals surface area (Å²) in [5, 5.41) is 6.63. The van der Waals surface area contributed by atoms with E-state index in [1.165, 1.54) is 30.3 Å². The fourth-order valence-corrected chi connectivity index (χ4v) is 2.61. The maximum Gasteiger partial charge on any atom is 0.375 e. The molecule has 3 rings (SSSR count).